The van der Waals surface area contributed by atoms with Gasteiger partial charge in [0.25, 0.3) is 0 Å². The van der Waals surface area contributed by atoms with Gasteiger partial charge in [-0.25, -0.2) is 0 Å². The van der Waals surface area contributed by atoms with E-state index in [0.717, 1.165) is 52.2 Å². The SMILES string of the molecule is CCCCCCCCCCCCOc1cc(C2=CNN(c3ccc(Br)cc3)O2)cc(OCCCCCCCCCCCC)c1OCCCCCCCCCCCC. The Morgan fingerprint density at radius 3 is 1.21 bits per heavy atom. The highest BCUT2D eigenvalue weighted by atomic mass is 79.9. The van der Waals surface area contributed by atoms with E-state index in [1.165, 1.54) is 173 Å². The normalized spacial score (nSPS) is 12.4. The number of rotatable bonds is 38. The predicted octanol–water partition coefficient (Wildman–Crippen LogP) is 16.6. The van der Waals surface area contributed by atoms with E-state index in [1.807, 2.05) is 30.5 Å². The van der Waals surface area contributed by atoms with Crippen molar-refractivity contribution in [2.45, 2.75) is 213 Å². The first-order valence-electron chi connectivity index (χ1n) is 23.9. The minimum atomic E-state index is 0.662. The Bertz CT molecular complexity index is 1240. The number of ether oxygens (including phenoxy) is 3. The van der Waals surface area contributed by atoms with Crippen molar-refractivity contribution in [1.82, 2.24) is 5.43 Å². The molecule has 3 rings (SSSR count). The van der Waals surface area contributed by atoms with E-state index in [-0.39, 0.29) is 0 Å². The molecule has 324 valence electrons. The number of nitrogens with zero attached hydrogens (tertiary/aromatic N) is 1. The van der Waals surface area contributed by atoms with Crippen LogP contribution in [0.4, 0.5) is 5.69 Å². The highest BCUT2D eigenvalue weighted by Crippen LogP contribution is 2.42. The van der Waals surface area contributed by atoms with Crippen LogP contribution in [0.1, 0.15) is 219 Å². The summed E-state index contributed by atoms with van der Waals surface area (Å²) in [5.41, 5.74) is 5.09. The highest BCUT2D eigenvalue weighted by molar-refractivity contribution is 9.10. The topological polar surface area (TPSA) is 52.2 Å². The molecule has 0 spiro atoms. The quantitative estimate of drug-likeness (QED) is 0.0679. The molecule has 0 saturated heterocycles. The van der Waals surface area contributed by atoms with Crippen LogP contribution in [-0.2, 0) is 4.84 Å². The number of hydrogen-bond donors (Lipinski definition) is 1. The van der Waals surface area contributed by atoms with Crippen molar-refractivity contribution >= 4 is 27.4 Å². The fraction of sp³-hybridized carbons (Fsp3) is 0.720. The summed E-state index contributed by atoms with van der Waals surface area (Å²) in [6, 6.07) is 12.2. The van der Waals surface area contributed by atoms with Gasteiger partial charge in [-0.2, -0.15) is 0 Å². The third-order valence-electron chi connectivity index (χ3n) is 11.1. The number of hydrazine groups is 1. The Morgan fingerprint density at radius 1 is 0.474 bits per heavy atom. The summed E-state index contributed by atoms with van der Waals surface area (Å²) in [5.74, 6) is 2.96. The Kier molecular flexibility index (Phi) is 28.5. The van der Waals surface area contributed by atoms with Gasteiger partial charge >= 0.3 is 0 Å². The van der Waals surface area contributed by atoms with Crippen LogP contribution in [0, 0.1) is 0 Å². The summed E-state index contributed by atoms with van der Waals surface area (Å²) in [5, 5.41) is 1.69. The van der Waals surface area contributed by atoms with Crippen LogP contribution in [-0.4, -0.2) is 19.8 Å². The van der Waals surface area contributed by atoms with Gasteiger partial charge < -0.3 is 19.0 Å². The summed E-state index contributed by atoms with van der Waals surface area (Å²) in [4.78, 5) is 6.33. The van der Waals surface area contributed by atoms with Crippen molar-refractivity contribution in [3.8, 4) is 17.2 Å². The van der Waals surface area contributed by atoms with E-state index in [2.05, 4.69) is 54.3 Å². The van der Waals surface area contributed by atoms with Gasteiger partial charge in [-0.05, 0) is 55.7 Å². The fourth-order valence-corrected chi connectivity index (χ4v) is 7.75. The van der Waals surface area contributed by atoms with E-state index >= 15 is 0 Å². The van der Waals surface area contributed by atoms with Gasteiger partial charge in [0.15, 0.2) is 17.3 Å². The number of halogens is 1. The maximum absolute atomic E-state index is 6.62. The van der Waals surface area contributed by atoms with Crippen molar-refractivity contribution in [3.63, 3.8) is 0 Å². The molecule has 2 aromatic carbocycles. The van der Waals surface area contributed by atoms with Crippen molar-refractivity contribution in [1.29, 1.82) is 0 Å². The van der Waals surface area contributed by atoms with Crippen molar-refractivity contribution in [2.75, 3.05) is 25.0 Å². The third-order valence-corrected chi connectivity index (χ3v) is 11.7. The van der Waals surface area contributed by atoms with Crippen molar-refractivity contribution in [3.05, 3.63) is 52.6 Å². The van der Waals surface area contributed by atoms with Crippen LogP contribution < -0.4 is 24.8 Å². The zero-order chi connectivity index (χ0) is 40.4. The van der Waals surface area contributed by atoms with Crippen LogP contribution in [0.5, 0.6) is 17.2 Å². The molecule has 0 aromatic heterocycles. The van der Waals surface area contributed by atoms with Gasteiger partial charge in [0.1, 0.15) is 0 Å². The molecule has 2 aromatic rings. The summed E-state index contributed by atoms with van der Waals surface area (Å²) in [6.45, 7) is 8.85. The monoisotopic (exact) mass is 855 g/mol. The van der Waals surface area contributed by atoms with E-state index in [4.69, 9.17) is 19.0 Å². The second-order valence-corrected chi connectivity index (χ2v) is 17.3. The lowest BCUT2D eigenvalue weighted by molar-refractivity contribution is 0.231. The van der Waals surface area contributed by atoms with E-state index < -0.39 is 0 Å². The Balaban J connectivity index is 1.63. The maximum Gasteiger partial charge on any atom is 0.203 e. The second-order valence-electron chi connectivity index (χ2n) is 16.4. The summed E-state index contributed by atoms with van der Waals surface area (Å²) < 4.78 is 20.9. The smallest absolute Gasteiger partial charge is 0.203 e. The Labute approximate surface area is 358 Å². The molecular formula is C50H83BrN2O4. The summed E-state index contributed by atoms with van der Waals surface area (Å²) >= 11 is 3.54. The van der Waals surface area contributed by atoms with Crippen LogP contribution in [0.15, 0.2) is 47.1 Å². The maximum atomic E-state index is 6.62. The fourth-order valence-electron chi connectivity index (χ4n) is 7.49. The zero-order valence-corrected chi connectivity index (χ0v) is 38.4. The average Bonchev–Trinajstić information content (AvgIpc) is 3.72. The Hall–Kier alpha value is -2.54. The van der Waals surface area contributed by atoms with Crippen LogP contribution >= 0.6 is 15.9 Å². The first-order valence-corrected chi connectivity index (χ1v) is 24.7. The number of nitrogens with one attached hydrogen (secondary N) is 1. The average molecular weight is 856 g/mol. The van der Waals surface area contributed by atoms with Gasteiger partial charge in [0, 0.05) is 10.0 Å². The van der Waals surface area contributed by atoms with E-state index in [9.17, 15) is 0 Å². The van der Waals surface area contributed by atoms with Gasteiger partial charge in [-0.1, -0.05) is 210 Å². The molecule has 0 radical (unpaired) electrons. The number of unbranched alkanes of at least 4 members (excludes halogenated alkanes) is 27. The molecule has 0 atom stereocenters. The molecule has 1 aliphatic rings. The molecular weight excluding hydrogens is 772 g/mol. The van der Waals surface area contributed by atoms with Gasteiger partial charge in [0.05, 0.1) is 31.7 Å². The summed E-state index contributed by atoms with van der Waals surface area (Å²) in [7, 11) is 0. The standard InChI is InChI=1S/C50H83BrN2O4/c1-4-7-10-13-16-19-22-25-28-31-38-54-47-41-44(49-43-52-53(57-49)46-36-34-45(51)35-37-46)42-48(55-39-32-29-26-23-20-17-14-11-8-5-2)50(47)56-40-33-30-27-24-21-18-15-12-9-6-3/h34-37,41-43,52H,4-33,38-40H2,1-3H3. The number of hydrogen-bond acceptors (Lipinski definition) is 6. The molecule has 0 bridgehead atoms. The van der Waals surface area contributed by atoms with Gasteiger partial charge in [-0.3, -0.25) is 5.43 Å². The lowest BCUT2D eigenvalue weighted by Crippen LogP contribution is -2.27. The minimum Gasteiger partial charge on any atom is -0.490 e. The molecule has 1 heterocycles. The molecule has 0 amide bonds. The molecule has 57 heavy (non-hydrogen) atoms. The molecule has 7 heteroatoms. The van der Waals surface area contributed by atoms with Crippen molar-refractivity contribution in [2.24, 2.45) is 0 Å². The first kappa shape index (κ1) is 48.8. The van der Waals surface area contributed by atoms with E-state index in [0.29, 0.717) is 25.6 Å². The van der Waals surface area contributed by atoms with Crippen LogP contribution in [0.3, 0.4) is 0 Å². The molecule has 1 aliphatic heterocycles. The molecule has 6 nitrogen and oxygen atoms in total. The number of anilines is 1. The molecule has 0 fully saturated rings. The predicted molar refractivity (Wildman–Crippen MR) is 247 cm³/mol. The second kappa shape index (κ2) is 33.3. The number of benzene rings is 2. The zero-order valence-electron chi connectivity index (χ0n) is 36.8. The van der Waals surface area contributed by atoms with Crippen LogP contribution in [0.25, 0.3) is 5.76 Å². The van der Waals surface area contributed by atoms with Crippen LogP contribution in [0.2, 0.25) is 0 Å². The third kappa shape index (κ3) is 22.4. The largest absolute Gasteiger partial charge is 0.490 e. The molecule has 0 aliphatic carbocycles. The Morgan fingerprint density at radius 2 is 0.825 bits per heavy atom. The lowest BCUT2D eigenvalue weighted by Gasteiger charge is -2.20. The van der Waals surface area contributed by atoms with Gasteiger partial charge in [-0.15, -0.1) is 5.17 Å². The highest BCUT2D eigenvalue weighted by Gasteiger charge is 2.23. The lowest BCUT2D eigenvalue weighted by atomic mass is 10.1. The first-order chi connectivity index (χ1) is 28.2. The van der Waals surface area contributed by atoms with Crippen molar-refractivity contribution < 1.29 is 19.0 Å². The van der Waals surface area contributed by atoms with Gasteiger partial charge in [0.2, 0.25) is 5.75 Å². The minimum absolute atomic E-state index is 0.662. The molecule has 1 N–H and O–H groups in total. The molecule has 0 saturated carbocycles. The summed E-state index contributed by atoms with van der Waals surface area (Å²) in [6.07, 6.45) is 40.9. The molecule has 0 unspecified atom stereocenters. The van der Waals surface area contributed by atoms with E-state index in [1.54, 1.807) is 5.17 Å².